The Morgan fingerprint density at radius 2 is 2.00 bits per heavy atom. The highest BCUT2D eigenvalue weighted by atomic mass is 32.2. The number of amides is 1. The molecule has 0 spiro atoms. The van der Waals surface area contributed by atoms with Crippen molar-refractivity contribution in [1.82, 2.24) is 14.6 Å². The fraction of sp³-hybridized carbons (Fsp3) is 0.0714. The molecule has 0 saturated carbocycles. The first-order chi connectivity index (χ1) is 11.1. The maximum atomic E-state index is 12.0. The molecule has 0 unspecified atom stereocenters. The van der Waals surface area contributed by atoms with Gasteiger partial charge >= 0.3 is 0 Å². The predicted molar refractivity (Wildman–Crippen MR) is 85.4 cm³/mol. The second-order valence-electron chi connectivity index (χ2n) is 4.52. The fourth-order valence-corrected chi connectivity index (χ4v) is 2.70. The van der Waals surface area contributed by atoms with Gasteiger partial charge in [0.15, 0.2) is 10.8 Å². The van der Waals surface area contributed by atoms with E-state index >= 15 is 0 Å². The summed E-state index contributed by atoms with van der Waals surface area (Å²) in [5, 5.41) is 22.0. The molecule has 0 fully saturated rings. The number of hydrogen-bond donors (Lipinski definition) is 1. The van der Waals surface area contributed by atoms with Crippen LogP contribution in [0, 0.1) is 10.1 Å². The summed E-state index contributed by atoms with van der Waals surface area (Å²) in [5.74, 6) is -0.279. The number of carbonyl (C=O) groups is 1. The third-order valence-electron chi connectivity index (χ3n) is 2.99. The van der Waals surface area contributed by atoms with Crippen LogP contribution in [0.5, 0.6) is 0 Å². The van der Waals surface area contributed by atoms with Crippen LogP contribution in [0.25, 0.3) is 5.65 Å². The maximum absolute atomic E-state index is 12.0. The number of rotatable bonds is 5. The summed E-state index contributed by atoms with van der Waals surface area (Å²) in [6, 6.07) is 11.5. The van der Waals surface area contributed by atoms with Crippen LogP contribution in [0.1, 0.15) is 0 Å². The fourth-order valence-electron chi connectivity index (χ4n) is 1.97. The van der Waals surface area contributed by atoms with Crippen molar-refractivity contribution in [2.45, 2.75) is 5.16 Å². The van der Waals surface area contributed by atoms with Gasteiger partial charge in [0, 0.05) is 12.3 Å². The number of thioether (sulfide) groups is 1. The number of nitrogens with zero attached hydrogens (tertiary/aromatic N) is 4. The van der Waals surface area contributed by atoms with Gasteiger partial charge in [-0.2, -0.15) is 0 Å². The van der Waals surface area contributed by atoms with Crippen molar-refractivity contribution in [3.63, 3.8) is 0 Å². The van der Waals surface area contributed by atoms with Crippen LogP contribution in [0.4, 0.5) is 11.4 Å². The normalized spacial score (nSPS) is 10.6. The van der Waals surface area contributed by atoms with Crippen LogP contribution in [-0.4, -0.2) is 31.2 Å². The summed E-state index contributed by atoms with van der Waals surface area (Å²) in [4.78, 5) is 22.4. The lowest BCUT2D eigenvalue weighted by molar-refractivity contribution is -0.383. The quantitative estimate of drug-likeness (QED) is 0.438. The number of aromatic nitrogens is 3. The Bertz CT molecular complexity index is 879. The van der Waals surface area contributed by atoms with Gasteiger partial charge < -0.3 is 5.32 Å². The Hall–Kier alpha value is -2.94. The first-order valence-corrected chi connectivity index (χ1v) is 7.59. The Balaban J connectivity index is 1.68. The minimum absolute atomic E-state index is 0.0712. The van der Waals surface area contributed by atoms with Crippen LogP contribution in [0.2, 0.25) is 0 Å². The molecular formula is C14H11N5O3S. The van der Waals surface area contributed by atoms with Crippen LogP contribution in [0.3, 0.4) is 0 Å². The number of nitro benzene ring substituents is 1. The molecule has 0 atom stereocenters. The van der Waals surface area contributed by atoms with Gasteiger partial charge in [0.25, 0.3) is 5.69 Å². The number of carbonyl (C=O) groups excluding carboxylic acids is 1. The summed E-state index contributed by atoms with van der Waals surface area (Å²) in [6.45, 7) is 0. The minimum atomic E-state index is -0.533. The largest absolute Gasteiger partial charge is 0.320 e. The Kier molecular flexibility index (Phi) is 4.20. The highest BCUT2D eigenvalue weighted by Crippen LogP contribution is 2.24. The van der Waals surface area contributed by atoms with Crippen molar-refractivity contribution in [2.24, 2.45) is 0 Å². The Morgan fingerprint density at radius 3 is 2.83 bits per heavy atom. The number of pyridine rings is 1. The molecule has 9 heteroatoms. The van der Waals surface area contributed by atoms with E-state index in [1.54, 1.807) is 22.7 Å². The van der Waals surface area contributed by atoms with Crippen LogP contribution in [0.15, 0.2) is 53.8 Å². The van der Waals surface area contributed by atoms with Crippen molar-refractivity contribution < 1.29 is 9.72 Å². The van der Waals surface area contributed by atoms with Gasteiger partial charge in [-0.1, -0.05) is 30.0 Å². The highest BCUT2D eigenvalue weighted by molar-refractivity contribution is 7.99. The first-order valence-electron chi connectivity index (χ1n) is 6.61. The molecule has 3 aromatic rings. The molecule has 3 rings (SSSR count). The van der Waals surface area contributed by atoms with Gasteiger partial charge in [-0.15, -0.1) is 10.2 Å². The standard InChI is InChI=1S/C14H11N5O3S/c20-13(15-10-5-1-2-6-11(10)19(21)22)9-23-14-17-16-12-7-3-4-8-18(12)14/h1-8H,9H2,(H,15,20). The second-order valence-corrected chi connectivity index (χ2v) is 5.47. The average molecular weight is 329 g/mol. The number of fused-ring (bicyclic) bond motifs is 1. The molecule has 1 N–H and O–H groups in total. The van der Waals surface area contributed by atoms with E-state index in [0.29, 0.717) is 10.8 Å². The topological polar surface area (TPSA) is 102 Å². The molecule has 1 amide bonds. The summed E-state index contributed by atoms with van der Waals surface area (Å²) < 4.78 is 1.77. The van der Waals surface area contributed by atoms with E-state index in [-0.39, 0.29) is 23.0 Å². The van der Waals surface area contributed by atoms with E-state index in [0.717, 1.165) is 0 Å². The van der Waals surface area contributed by atoms with E-state index in [2.05, 4.69) is 15.5 Å². The lowest BCUT2D eigenvalue weighted by atomic mass is 10.2. The highest BCUT2D eigenvalue weighted by Gasteiger charge is 2.15. The van der Waals surface area contributed by atoms with Gasteiger partial charge in [-0.25, -0.2) is 0 Å². The second kappa shape index (κ2) is 6.44. The molecule has 2 heterocycles. The number of nitrogens with one attached hydrogen (secondary N) is 1. The monoisotopic (exact) mass is 329 g/mol. The van der Waals surface area contributed by atoms with Gasteiger partial charge in [0.05, 0.1) is 10.7 Å². The van der Waals surface area contributed by atoms with E-state index < -0.39 is 4.92 Å². The average Bonchev–Trinajstić information content (AvgIpc) is 2.96. The van der Waals surface area contributed by atoms with Gasteiger partial charge in [-0.3, -0.25) is 19.3 Å². The molecule has 0 aliphatic carbocycles. The van der Waals surface area contributed by atoms with Crippen molar-refractivity contribution in [3.05, 3.63) is 58.8 Å². The van der Waals surface area contributed by atoms with Crippen LogP contribution >= 0.6 is 11.8 Å². The third kappa shape index (κ3) is 3.29. The number of hydrogen-bond acceptors (Lipinski definition) is 6. The predicted octanol–water partition coefficient (Wildman–Crippen LogP) is 2.37. The van der Waals surface area contributed by atoms with Gasteiger partial charge in [0.1, 0.15) is 5.69 Å². The van der Waals surface area contributed by atoms with Crippen LogP contribution < -0.4 is 5.32 Å². The summed E-state index contributed by atoms with van der Waals surface area (Å²) in [5.41, 5.74) is 0.724. The van der Waals surface area contributed by atoms with Crippen molar-refractivity contribution in [1.29, 1.82) is 0 Å². The molecule has 1 aromatic carbocycles. The van der Waals surface area contributed by atoms with Gasteiger partial charge in [0.2, 0.25) is 5.91 Å². The van der Waals surface area contributed by atoms with E-state index in [4.69, 9.17) is 0 Å². The van der Waals surface area contributed by atoms with E-state index in [9.17, 15) is 14.9 Å². The van der Waals surface area contributed by atoms with Crippen LogP contribution in [-0.2, 0) is 4.79 Å². The molecule has 23 heavy (non-hydrogen) atoms. The number of para-hydroxylation sites is 2. The number of benzene rings is 1. The Morgan fingerprint density at radius 1 is 1.22 bits per heavy atom. The molecule has 0 aliphatic rings. The van der Waals surface area contributed by atoms with Crippen molar-refractivity contribution in [3.8, 4) is 0 Å². The zero-order chi connectivity index (χ0) is 16.2. The lowest BCUT2D eigenvalue weighted by Crippen LogP contribution is -2.15. The van der Waals surface area contributed by atoms with Crippen molar-refractivity contribution in [2.75, 3.05) is 11.1 Å². The molecule has 0 bridgehead atoms. The van der Waals surface area contributed by atoms with E-state index in [1.165, 1.54) is 23.9 Å². The molecule has 8 nitrogen and oxygen atoms in total. The summed E-state index contributed by atoms with van der Waals surface area (Å²) in [7, 11) is 0. The smallest absolute Gasteiger partial charge is 0.292 e. The Labute approximate surface area is 134 Å². The summed E-state index contributed by atoms with van der Waals surface area (Å²) >= 11 is 1.21. The first kappa shape index (κ1) is 15.0. The molecular weight excluding hydrogens is 318 g/mol. The minimum Gasteiger partial charge on any atom is -0.320 e. The maximum Gasteiger partial charge on any atom is 0.292 e. The van der Waals surface area contributed by atoms with Crippen molar-refractivity contribution >= 4 is 34.7 Å². The van der Waals surface area contributed by atoms with Gasteiger partial charge in [-0.05, 0) is 18.2 Å². The lowest BCUT2D eigenvalue weighted by Gasteiger charge is -2.05. The third-order valence-corrected chi connectivity index (χ3v) is 3.93. The zero-order valence-corrected chi connectivity index (χ0v) is 12.6. The number of anilines is 1. The SMILES string of the molecule is O=C(CSc1nnc2ccccn12)Nc1ccccc1[N+](=O)[O-]. The molecule has 0 radical (unpaired) electrons. The number of nitro groups is 1. The molecule has 0 aliphatic heterocycles. The zero-order valence-electron chi connectivity index (χ0n) is 11.7. The molecule has 0 saturated heterocycles. The van der Waals surface area contributed by atoms with E-state index in [1.807, 2.05) is 18.2 Å². The summed E-state index contributed by atoms with van der Waals surface area (Å²) in [6.07, 6.45) is 1.80. The molecule has 116 valence electrons. The molecule has 2 aromatic heterocycles.